The lowest BCUT2D eigenvalue weighted by Crippen LogP contribution is -2.29. The van der Waals surface area contributed by atoms with Crippen LogP contribution in [0.2, 0.25) is 0 Å². The van der Waals surface area contributed by atoms with E-state index in [4.69, 9.17) is 9.47 Å². The highest BCUT2D eigenvalue weighted by atomic mass is 32.2. The molecule has 3 rings (SSSR count). The van der Waals surface area contributed by atoms with Gasteiger partial charge in [0.25, 0.3) is 0 Å². The minimum absolute atomic E-state index is 0.164. The summed E-state index contributed by atoms with van der Waals surface area (Å²) in [6, 6.07) is 28.7. The van der Waals surface area contributed by atoms with Crippen molar-refractivity contribution in [3.8, 4) is 17.6 Å². The zero-order chi connectivity index (χ0) is 21.4. The number of hydrogen-bond acceptors (Lipinski definition) is 3. The molecule has 0 saturated carbocycles. The first-order valence-electron chi connectivity index (χ1n) is 9.71. The SMILES string of the molecule is CC#CC(C)(C)OC(=O)COc1cccc([S+](c2ccccc2)c2ccccc2)c1. The summed E-state index contributed by atoms with van der Waals surface area (Å²) in [6.07, 6.45) is 0. The molecule has 4 heteroatoms. The smallest absolute Gasteiger partial charge is 0.345 e. The lowest BCUT2D eigenvalue weighted by molar-refractivity contribution is -0.154. The van der Waals surface area contributed by atoms with Gasteiger partial charge in [-0.25, -0.2) is 4.79 Å². The molecule has 0 unspecified atom stereocenters. The Bertz CT molecular complexity index is 994. The van der Waals surface area contributed by atoms with Crippen molar-refractivity contribution in [3.63, 3.8) is 0 Å². The van der Waals surface area contributed by atoms with Crippen LogP contribution in [0, 0.1) is 11.8 Å². The zero-order valence-corrected chi connectivity index (χ0v) is 18.2. The molecule has 0 spiro atoms. The molecule has 0 heterocycles. The van der Waals surface area contributed by atoms with Gasteiger partial charge in [0.05, 0.1) is 10.9 Å². The van der Waals surface area contributed by atoms with Crippen LogP contribution in [0.25, 0.3) is 0 Å². The van der Waals surface area contributed by atoms with E-state index in [0.29, 0.717) is 5.75 Å². The Morgan fingerprint density at radius 3 is 2.00 bits per heavy atom. The largest absolute Gasteiger partial charge is 0.482 e. The maximum atomic E-state index is 12.2. The standard InChI is InChI=1S/C26H25O3S/c1-4-18-26(2,3)29-25(27)20-28-21-12-11-17-24(19-21)30(22-13-7-5-8-14-22)23-15-9-6-10-16-23/h5-17,19H,20H2,1-3H3/q+1. The third kappa shape index (κ3) is 5.92. The van der Waals surface area contributed by atoms with Gasteiger partial charge in [-0.15, -0.1) is 5.92 Å². The van der Waals surface area contributed by atoms with Gasteiger partial charge in [-0.05, 0) is 57.2 Å². The molecule has 0 saturated heterocycles. The molecule has 3 nitrogen and oxygen atoms in total. The van der Waals surface area contributed by atoms with Crippen molar-refractivity contribution in [3.05, 3.63) is 84.9 Å². The van der Waals surface area contributed by atoms with Gasteiger partial charge in [-0.2, -0.15) is 0 Å². The average molecular weight is 418 g/mol. The third-order valence-corrected chi connectivity index (χ3v) is 6.36. The average Bonchev–Trinajstić information content (AvgIpc) is 2.74. The first kappa shape index (κ1) is 21.5. The molecule has 0 amide bonds. The van der Waals surface area contributed by atoms with Crippen LogP contribution in [0.15, 0.2) is 99.6 Å². The van der Waals surface area contributed by atoms with Crippen LogP contribution in [-0.2, 0) is 20.4 Å². The molecular weight excluding hydrogens is 392 g/mol. The van der Waals surface area contributed by atoms with E-state index in [1.165, 1.54) is 9.79 Å². The number of esters is 1. The van der Waals surface area contributed by atoms with Crippen molar-refractivity contribution >= 4 is 16.9 Å². The third-order valence-electron chi connectivity index (χ3n) is 4.15. The monoisotopic (exact) mass is 417 g/mol. The molecule has 0 aliphatic rings. The van der Waals surface area contributed by atoms with Crippen LogP contribution in [-0.4, -0.2) is 18.2 Å². The number of carbonyl (C=O) groups excluding carboxylic acids is 1. The molecule has 0 atom stereocenters. The number of benzene rings is 3. The summed E-state index contributed by atoms with van der Waals surface area (Å²) in [5, 5.41) is 0. The molecule has 3 aromatic carbocycles. The van der Waals surface area contributed by atoms with E-state index in [0.717, 1.165) is 4.90 Å². The highest BCUT2D eigenvalue weighted by Crippen LogP contribution is 2.32. The van der Waals surface area contributed by atoms with Crippen molar-refractivity contribution < 1.29 is 14.3 Å². The number of ether oxygens (including phenoxy) is 2. The Kier molecular flexibility index (Phi) is 7.21. The van der Waals surface area contributed by atoms with Crippen molar-refractivity contribution in [1.82, 2.24) is 0 Å². The predicted octanol–water partition coefficient (Wildman–Crippen LogP) is 5.51. The molecule has 0 bridgehead atoms. The summed E-state index contributed by atoms with van der Waals surface area (Å²) in [7, 11) is -0.272. The van der Waals surface area contributed by atoms with E-state index in [1.807, 2.05) is 30.3 Å². The summed E-state index contributed by atoms with van der Waals surface area (Å²) < 4.78 is 11.1. The normalized spacial score (nSPS) is 10.8. The minimum Gasteiger partial charge on any atom is -0.482 e. The summed E-state index contributed by atoms with van der Waals surface area (Å²) in [6.45, 7) is 5.07. The van der Waals surface area contributed by atoms with Gasteiger partial charge in [0, 0.05) is 6.07 Å². The van der Waals surface area contributed by atoms with Crippen molar-refractivity contribution in [2.24, 2.45) is 0 Å². The van der Waals surface area contributed by atoms with Gasteiger partial charge in [0.2, 0.25) is 0 Å². The van der Waals surface area contributed by atoms with E-state index in [9.17, 15) is 4.79 Å². The first-order valence-corrected chi connectivity index (χ1v) is 10.9. The van der Waals surface area contributed by atoms with Crippen LogP contribution >= 0.6 is 0 Å². The maximum absolute atomic E-state index is 12.2. The summed E-state index contributed by atoms with van der Waals surface area (Å²) >= 11 is 0. The Morgan fingerprint density at radius 2 is 1.43 bits per heavy atom. The molecule has 0 N–H and O–H groups in total. The predicted molar refractivity (Wildman–Crippen MR) is 121 cm³/mol. The molecule has 0 fully saturated rings. The van der Waals surface area contributed by atoms with Crippen LogP contribution in [0.5, 0.6) is 5.75 Å². The fourth-order valence-electron chi connectivity index (χ4n) is 3.00. The zero-order valence-electron chi connectivity index (χ0n) is 17.4. The Hall–Kier alpha value is -3.16. The van der Waals surface area contributed by atoms with Gasteiger partial charge in [0.1, 0.15) is 5.75 Å². The molecular formula is C26H25O3S+. The lowest BCUT2D eigenvalue weighted by atomic mass is 10.1. The van der Waals surface area contributed by atoms with Gasteiger partial charge in [-0.3, -0.25) is 0 Å². The van der Waals surface area contributed by atoms with Crippen LogP contribution in [0.1, 0.15) is 20.8 Å². The van der Waals surface area contributed by atoms with Crippen molar-refractivity contribution in [2.75, 3.05) is 6.61 Å². The van der Waals surface area contributed by atoms with E-state index in [2.05, 4.69) is 66.4 Å². The molecule has 152 valence electrons. The number of carbonyl (C=O) groups is 1. The highest BCUT2D eigenvalue weighted by molar-refractivity contribution is 7.97. The highest BCUT2D eigenvalue weighted by Gasteiger charge is 2.28. The van der Waals surface area contributed by atoms with Crippen LogP contribution < -0.4 is 4.74 Å². The van der Waals surface area contributed by atoms with Gasteiger partial charge < -0.3 is 9.47 Å². The van der Waals surface area contributed by atoms with E-state index >= 15 is 0 Å². The fraction of sp³-hybridized carbons (Fsp3) is 0.192. The van der Waals surface area contributed by atoms with Crippen LogP contribution in [0.4, 0.5) is 0 Å². The van der Waals surface area contributed by atoms with Crippen LogP contribution in [0.3, 0.4) is 0 Å². The number of hydrogen-bond donors (Lipinski definition) is 0. The summed E-state index contributed by atoms with van der Waals surface area (Å²) in [5.74, 6) is 5.82. The van der Waals surface area contributed by atoms with E-state index in [1.54, 1.807) is 20.8 Å². The van der Waals surface area contributed by atoms with Gasteiger partial charge in [-0.1, -0.05) is 48.4 Å². The minimum atomic E-state index is -0.829. The maximum Gasteiger partial charge on any atom is 0.345 e. The van der Waals surface area contributed by atoms with E-state index < -0.39 is 11.6 Å². The van der Waals surface area contributed by atoms with Gasteiger partial charge >= 0.3 is 5.97 Å². The second-order valence-electron chi connectivity index (χ2n) is 7.06. The van der Waals surface area contributed by atoms with E-state index in [-0.39, 0.29) is 17.5 Å². The van der Waals surface area contributed by atoms with Crippen molar-refractivity contribution in [2.45, 2.75) is 41.1 Å². The molecule has 0 aromatic heterocycles. The molecule has 30 heavy (non-hydrogen) atoms. The topological polar surface area (TPSA) is 35.5 Å². The second-order valence-corrected chi connectivity index (χ2v) is 9.08. The number of rotatable bonds is 7. The first-order chi connectivity index (χ1) is 14.5. The quantitative estimate of drug-likeness (QED) is 0.289. The molecule has 0 radical (unpaired) electrons. The van der Waals surface area contributed by atoms with Crippen molar-refractivity contribution in [1.29, 1.82) is 0 Å². The summed E-state index contributed by atoms with van der Waals surface area (Å²) in [4.78, 5) is 15.7. The van der Waals surface area contributed by atoms with Gasteiger partial charge in [0.15, 0.2) is 26.9 Å². The fourth-order valence-corrected chi connectivity index (χ4v) is 5.12. The molecule has 0 aliphatic carbocycles. The molecule has 3 aromatic rings. The Morgan fingerprint density at radius 1 is 0.867 bits per heavy atom. The lowest BCUT2D eigenvalue weighted by Gasteiger charge is -2.18. The Balaban J connectivity index is 1.80. The summed E-state index contributed by atoms with van der Waals surface area (Å²) in [5.41, 5.74) is -0.829. The second kappa shape index (κ2) is 10.0. The molecule has 0 aliphatic heterocycles. The Labute approximate surface area is 181 Å².